The highest BCUT2D eigenvalue weighted by Gasteiger charge is 2.22. The van der Waals surface area contributed by atoms with E-state index in [-0.39, 0.29) is 6.10 Å². The van der Waals surface area contributed by atoms with Gasteiger partial charge in [0.2, 0.25) is 0 Å². The molecular formula is C13H13N3O2. The first-order valence-electron chi connectivity index (χ1n) is 5.85. The second kappa shape index (κ2) is 4.41. The Morgan fingerprint density at radius 2 is 2.33 bits per heavy atom. The van der Waals surface area contributed by atoms with Crippen molar-refractivity contribution in [2.24, 2.45) is 7.05 Å². The van der Waals surface area contributed by atoms with Gasteiger partial charge < -0.3 is 14.0 Å². The third-order valence-corrected chi connectivity index (χ3v) is 3.15. The summed E-state index contributed by atoms with van der Waals surface area (Å²) in [6, 6.07) is 7.62. The topological polar surface area (TPSA) is 60.1 Å². The molecule has 0 aliphatic carbocycles. The number of nitriles is 1. The molecule has 1 aliphatic heterocycles. The zero-order valence-electron chi connectivity index (χ0n) is 10.1. The molecule has 2 heterocycles. The molecule has 1 aliphatic rings. The molecule has 2 aromatic rings. The number of imidazole rings is 1. The summed E-state index contributed by atoms with van der Waals surface area (Å²) in [4.78, 5) is 4.55. The Morgan fingerprint density at radius 3 is 3.06 bits per heavy atom. The van der Waals surface area contributed by atoms with Crippen LogP contribution in [0.2, 0.25) is 0 Å². The van der Waals surface area contributed by atoms with Crippen LogP contribution in [-0.2, 0) is 16.5 Å². The van der Waals surface area contributed by atoms with Gasteiger partial charge in [-0.3, -0.25) is 0 Å². The Morgan fingerprint density at radius 1 is 1.44 bits per heavy atom. The van der Waals surface area contributed by atoms with Gasteiger partial charge in [0.15, 0.2) is 0 Å². The van der Waals surface area contributed by atoms with Crippen LogP contribution in [0.5, 0.6) is 0 Å². The zero-order chi connectivity index (χ0) is 12.5. The largest absolute Gasteiger partial charge is 0.376 e. The minimum absolute atomic E-state index is 0.123. The predicted octanol–water partition coefficient (Wildman–Crippen LogP) is 1.53. The molecule has 1 atom stereocenters. The van der Waals surface area contributed by atoms with Gasteiger partial charge in [0, 0.05) is 7.05 Å². The number of hydrogen-bond acceptors (Lipinski definition) is 4. The first-order valence-corrected chi connectivity index (χ1v) is 5.85. The van der Waals surface area contributed by atoms with Crippen molar-refractivity contribution in [1.29, 1.82) is 5.26 Å². The van der Waals surface area contributed by atoms with Crippen molar-refractivity contribution in [2.75, 3.05) is 19.8 Å². The average molecular weight is 243 g/mol. The number of benzene rings is 1. The SMILES string of the molecule is Cn1c(C2COCCO2)nc2cc(C#N)ccc21. The zero-order valence-corrected chi connectivity index (χ0v) is 10.1. The van der Waals surface area contributed by atoms with Gasteiger partial charge in [0.1, 0.15) is 11.9 Å². The maximum absolute atomic E-state index is 8.89. The number of fused-ring (bicyclic) bond motifs is 1. The highest BCUT2D eigenvalue weighted by atomic mass is 16.6. The highest BCUT2D eigenvalue weighted by Crippen LogP contribution is 2.24. The van der Waals surface area contributed by atoms with Gasteiger partial charge in [-0.05, 0) is 18.2 Å². The minimum atomic E-state index is -0.123. The number of aryl methyl sites for hydroxylation is 1. The normalized spacial score (nSPS) is 19.9. The smallest absolute Gasteiger partial charge is 0.141 e. The summed E-state index contributed by atoms with van der Waals surface area (Å²) in [6.45, 7) is 1.76. The van der Waals surface area contributed by atoms with Crippen molar-refractivity contribution in [1.82, 2.24) is 9.55 Å². The molecule has 0 radical (unpaired) electrons. The van der Waals surface area contributed by atoms with Crippen LogP contribution in [0.3, 0.4) is 0 Å². The number of ether oxygens (including phenoxy) is 2. The van der Waals surface area contributed by atoms with E-state index in [1.165, 1.54) is 0 Å². The molecular weight excluding hydrogens is 230 g/mol. The maximum atomic E-state index is 8.89. The second-order valence-corrected chi connectivity index (χ2v) is 4.28. The summed E-state index contributed by atoms with van der Waals surface area (Å²) in [5.41, 5.74) is 2.44. The molecule has 0 N–H and O–H groups in total. The number of hydrogen-bond donors (Lipinski definition) is 0. The van der Waals surface area contributed by atoms with Crippen LogP contribution < -0.4 is 0 Å². The molecule has 1 unspecified atom stereocenters. The summed E-state index contributed by atoms with van der Waals surface area (Å²) in [7, 11) is 1.95. The molecule has 18 heavy (non-hydrogen) atoms. The van der Waals surface area contributed by atoms with Crippen molar-refractivity contribution < 1.29 is 9.47 Å². The fraction of sp³-hybridized carbons (Fsp3) is 0.385. The Balaban J connectivity index is 2.07. The fourth-order valence-corrected chi connectivity index (χ4v) is 2.21. The fourth-order valence-electron chi connectivity index (χ4n) is 2.21. The van der Waals surface area contributed by atoms with Crippen molar-refractivity contribution in [3.63, 3.8) is 0 Å². The van der Waals surface area contributed by atoms with Crippen molar-refractivity contribution in [3.8, 4) is 6.07 Å². The monoisotopic (exact) mass is 243 g/mol. The van der Waals surface area contributed by atoms with Crippen molar-refractivity contribution in [2.45, 2.75) is 6.10 Å². The Bertz CT molecular complexity index is 621. The van der Waals surface area contributed by atoms with E-state index in [0.717, 1.165) is 16.9 Å². The van der Waals surface area contributed by atoms with Gasteiger partial charge in [0.05, 0.1) is 42.5 Å². The summed E-state index contributed by atoms with van der Waals surface area (Å²) in [5.74, 6) is 0.847. The first kappa shape index (κ1) is 11.2. The van der Waals surface area contributed by atoms with Gasteiger partial charge >= 0.3 is 0 Å². The first-order chi connectivity index (χ1) is 8.79. The Hall–Kier alpha value is -1.90. The van der Waals surface area contributed by atoms with E-state index < -0.39 is 0 Å². The minimum Gasteiger partial charge on any atom is -0.376 e. The van der Waals surface area contributed by atoms with E-state index in [0.29, 0.717) is 25.4 Å². The lowest BCUT2D eigenvalue weighted by molar-refractivity contribution is -0.0942. The predicted molar refractivity (Wildman–Crippen MR) is 64.9 cm³/mol. The van der Waals surface area contributed by atoms with Crippen LogP contribution in [0.15, 0.2) is 18.2 Å². The molecule has 0 bridgehead atoms. The molecule has 3 rings (SSSR count). The van der Waals surface area contributed by atoms with Gasteiger partial charge in [-0.25, -0.2) is 4.98 Å². The molecule has 5 nitrogen and oxygen atoms in total. The van der Waals surface area contributed by atoms with Crippen LogP contribution in [0.4, 0.5) is 0 Å². The van der Waals surface area contributed by atoms with Crippen LogP contribution in [-0.4, -0.2) is 29.4 Å². The second-order valence-electron chi connectivity index (χ2n) is 4.28. The van der Waals surface area contributed by atoms with Gasteiger partial charge in [-0.1, -0.05) is 0 Å². The summed E-state index contributed by atoms with van der Waals surface area (Å²) >= 11 is 0. The van der Waals surface area contributed by atoms with E-state index in [2.05, 4.69) is 11.1 Å². The molecule has 5 heteroatoms. The summed E-state index contributed by atoms with van der Waals surface area (Å²) < 4.78 is 13.1. The van der Waals surface area contributed by atoms with Crippen LogP contribution in [0.25, 0.3) is 11.0 Å². The molecule has 1 aromatic carbocycles. The van der Waals surface area contributed by atoms with Gasteiger partial charge in [0.25, 0.3) is 0 Å². The van der Waals surface area contributed by atoms with Crippen molar-refractivity contribution >= 4 is 11.0 Å². The van der Waals surface area contributed by atoms with E-state index in [1.54, 1.807) is 12.1 Å². The average Bonchev–Trinajstić information content (AvgIpc) is 2.76. The molecule has 0 amide bonds. The lowest BCUT2D eigenvalue weighted by Gasteiger charge is -2.22. The van der Waals surface area contributed by atoms with Crippen LogP contribution >= 0.6 is 0 Å². The van der Waals surface area contributed by atoms with E-state index in [1.807, 2.05) is 17.7 Å². The quantitative estimate of drug-likeness (QED) is 0.762. The molecule has 1 fully saturated rings. The van der Waals surface area contributed by atoms with Crippen molar-refractivity contribution in [3.05, 3.63) is 29.6 Å². The lowest BCUT2D eigenvalue weighted by atomic mass is 10.2. The summed E-state index contributed by atoms with van der Waals surface area (Å²) in [6.07, 6.45) is -0.123. The number of nitrogens with zero attached hydrogens (tertiary/aromatic N) is 3. The lowest BCUT2D eigenvalue weighted by Crippen LogP contribution is -2.24. The molecule has 92 valence electrons. The third-order valence-electron chi connectivity index (χ3n) is 3.15. The highest BCUT2D eigenvalue weighted by molar-refractivity contribution is 5.77. The maximum Gasteiger partial charge on any atom is 0.141 e. The molecule has 1 aromatic heterocycles. The Kier molecular flexibility index (Phi) is 2.74. The van der Waals surface area contributed by atoms with Gasteiger partial charge in [-0.2, -0.15) is 5.26 Å². The number of aromatic nitrogens is 2. The molecule has 1 saturated heterocycles. The Labute approximate surface area is 105 Å². The van der Waals surface area contributed by atoms with E-state index in [9.17, 15) is 0 Å². The summed E-state index contributed by atoms with van der Waals surface area (Å²) in [5, 5.41) is 8.89. The molecule has 0 spiro atoms. The van der Waals surface area contributed by atoms with E-state index >= 15 is 0 Å². The van der Waals surface area contributed by atoms with E-state index in [4.69, 9.17) is 14.7 Å². The standard InChI is InChI=1S/C13H13N3O2/c1-16-11-3-2-9(7-14)6-10(11)15-13(16)12-8-17-4-5-18-12/h2-3,6,12H,4-5,8H2,1H3. The molecule has 0 saturated carbocycles. The van der Waals surface area contributed by atoms with Crippen LogP contribution in [0.1, 0.15) is 17.5 Å². The third kappa shape index (κ3) is 1.76. The van der Waals surface area contributed by atoms with Crippen LogP contribution in [0, 0.1) is 11.3 Å². The number of rotatable bonds is 1. The van der Waals surface area contributed by atoms with Gasteiger partial charge in [-0.15, -0.1) is 0 Å².